The Kier molecular flexibility index (Phi) is 6.31. The van der Waals surface area contributed by atoms with E-state index in [1.165, 1.54) is 11.1 Å². The Morgan fingerprint density at radius 1 is 1.28 bits per heavy atom. The summed E-state index contributed by atoms with van der Waals surface area (Å²) in [5, 5.41) is 19.4. The zero-order valence-electron chi connectivity index (χ0n) is 14.6. The molecule has 0 aliphatic carbocycles. The van der Waals surface area contributed by atoms with Crippen molar-refractivity contribution in [3.63, 3.8) is 0 Å². The predicted molar refractivity (Wildman–Crippen MR) is 92.8 cm³/mol. The van der Waals surface area contributed by atoms with Crippen LogP contribution in [0.25, 0.3) is 0 Å². The van der Waals surface area contributed by atoms with Gasteiger partial charge in [-0.1, -0.05) is 30.3 Å². The average molecular weight is 450 g/mol. The smallest absolute Gasteiger partial charge is 0.166 e. The number of ether oxygens (including phenoxy) is 1. The number of nitrogens with zero attached hydrogens (tertiary/aromatic N) is 2. The van der Waals surface area contributed by atoms with Gasteiger partial charge in [0, 0.05) is 18.4 Å². The number of likely N-dealkylation sites (N-methyl/N-ethyl adjacent to an activating group) is 1. The Morgan fingerprint density at radius 3 is 2.64 bits per heavy atom. The summed E-state index contributed by atoms with van der Waals surface area (Å²) in [6.07, 6.45) is 1.72. The molecule has 1 N–H and O–H groups in total. The first-order valence-electron chi connectivity index (χ1n) is 8.22. The predicted octanol–water partition coefficient (Wildman–Crippen LogP) is 0.215. The number of hydrogen-bond acceptors (Lipinski definition) is 3. The summed E-state index contributed by atoms with van der Waals surface area (Å²) in [7, 11) is 3.72. The SMILES string of the molecule is COc1cc2c(cc1O)CC[N+](C)(CC#N)C2Cc1ccccc1.[I-]. The van der Waals surface area contributed by atoms with Crippen LogP contribution in [0.3, 0.4) is 0 Å². The van der Waals surface area contributed by atoms with Crippen molar-refractivity contribution in [3.05, 3.63) is 59.2 Å². The van der Waals surface area contributed by atoms with Crippen molar-refractivity contribution < 1.29 is 38.3 Å². The van der Waals surface area contributed by atoms with Crippen molar-refractivity contribution >= 4 is 0 Å². The van der Waals surface area contributed by atoms with Gasteiger partial charge in [-0.05, 0) is 23.3 Å². The van der Waals surface area contributed by atoms with Crippen molar-refractivity contribution in [3.8, 4) is 17.6 Å². The quantitative estimate of drug-likeness (QED) is 0.412. The number of nitriles is 1. The number of quaternary nitrogens is 1. The van der Waals surface area contributed by atoms with Gasteiger partial charge >= 0.3 is 0 Å². The lowest BCUT2D eigenvalue weighted by molar-refractivity contribution is -0.935. The Hall–Kier alpha value is -1.78. The molecule has 1 aliphatic rings. The highest BCUT2D eigenvalue weighted by atomic mass is 127. The molecule has 1 aliphatic heterocycles. The van der Waals surface area contributed by atoms with E-state index in [1.807, 2.05) is 30.3 Å². The Bertz CT molecular complexity index is 773. The van der Waals surface area contributed by atoms with Crippen molar-refractivity contribution in [2.24, 2.45) is 0 Å². The van der Waals surface area contributed by atoms with Gasteiger partial charge in [-0.2, -0.15) is 5.26 Å². The molecule has 0 spiro atoms. The van der Waals surface area contributed by atoms with E-state index < -0.39 is 0 Å². The minimum atomic E-state index is 0. The van der Waals surface area contributed by atoms with Gasteiger partial charge in [-0.15, -0.1) is 0 Å². The zero-order valence-corrected chi connectivity index (χ0v) is 16.7. The molecule has 0 amide bonds. The molecule has 0 radical (unpaired) electrons. The third-order valence-corrected chi connectivity index (χ3v) is 5.15. The number of phenols is 1. The monoisotopic (exact) mass is 450 g/mol. The molecule has 0 bridgehead atoms. The van der Waals surface area contributed by atoms with Gasteiger partial charge < -0.3 is 38.3 Å². The van der Waals surface area contributed by atoms with Gasteiger partial charge in [-0.25, -0.2) is 0 Å². The molecule has 25 heavy (non-hydrogen) atoms. The summed E-state index contributed by atoms with van der Waals surface area (Å²) in [6, 6.07) is 16.7. The van der Waals surface area contributed by atoms with Crippen LogP contribution >= 0.6 is 0 Å². The van der Waals surface area contributed by atoms with Crippen LogP contribution in [0.5, 0.6) is 11.5 Å². The molecule has 0 saturated carbocycles. The lowest BCUT2D eigenvalue weighted by atomic mass is 9.86. The number of hydrogen-bond donors (Lipinski definition) is 1. The number of rotatable bonds is 4. The van der Waals surface area contributed by atoms with E-state index in [1.54, 1.807) is 7.11 Å². The normalized spacial score (nSPS) is 21.6. The number of phenolic OH excluding ortho intramolecular Hbond substituents is 1. The topological polar surface area (TPSA) is 53.2 Å². The maximum atomic E-state index is 10.1. The summed E-state index contributed by atoms with van der Waals surface area (Å²) in [5.41, 5.74) is 3.59. The summed E-state index contributed by atoms with van der Waals surface area (Å²) >= 11 is 0. The molecule has 132 valence electrons. The summed E-state index contributed by atoms with van der Waals surface area (Å²) in [6.45, 7) is 1.37. The molecule has 1 heterocycles. The molecule has 0 saturated heterocycles. The van der Waals surface area contributed by atoms with E-state index in [-0.39, 0.29) is 35.8 Å². The zero-order chi connectivity index (χ0) is 17.2. The van der Waals surface area contributed by atoms with Crippen LogP contribution in [-0.2, 0) is 12.8 Å². The first-order chi connectivity index (χ1) is 11.6. The standard InChI is InChI=1S/C20H22N2O2.HI/c1-22(11-9-21)10-8-16-13-19(23)20(24-2)14-17(16)18(22)12-15-6-4-3-5-7-15;/h3-7,13-14,18H,8,10-12H2,1-2H3;1H. The van der Waals surface area contributed by atoms with Crippen molar-refractivity contribution in [2.45, 2.75) is 18.9 Å². The lowest BCUT2D eigenvalue weighted by Crippen LogP contribution is -3.00. The van der Waals surface area contributed by atoms with Crippen LogP contribution in [0.4, 0.5) is 0 Å². The van der Waals surface area contributed by atoms with E-state index in [9.17, 15) is 10.4 Å². The molecule has 2 aromatic rings. The number of aromatic hydroxyl groups is 1. The third kappa shape index (κ3) is 3.91. The second-order valence-electron chi connectivity index (χ2n) is 6.70. The number of benzene rings is 2. The van der Waals surface area contributed by atoms with Crippen molar-refractivity contribution in [1.82, 2.24) is 0 Å². The van der Waals surface area contributed by atoms with Crippen LogP contribution < -0.4 is 28.7 Å². The second kappa shape index (κ2) is 8.07. The van der Waals surface area contributed by atoms with E-state index in [4.69, 9.17) is 4.74 Å². The molecular weight excluding hydrogens is 427 g/mol. The highest BCUT2D eigenvalue weighted by Crippen LogP contribution is 2.41. The molecular formula is C20H23IN2O2. The Morgan fingerprint density at radius 2 is 2.00 bits per heavy atom. The molecule has 2 unspecified atom stereocenters. The molecule has 4 nitrogen and oxygen atoms in total. The molecule has 3 rings (SSSR count). The second-order valence-corrected chi connectivity index (χ2v) is 6.70. The highest BCUT2D eigenvalue weighted by molar-refractivity contribution is 5.48. The van der Waals surface area contributed by atoms with E-state index in [0.717, 1.165) is 24.9 Å². The first kappa shape index (κ1) is 19.5. The van der Waals surface area contributed by atoms with Gasteiger partial charge in [0.05, 0.1) is 20.7 Å². The minimum Gasteiger partial charge on any atom is -1.00 e. The van der Waals surface area contributed by atoms with Crippen LogP contribution in [0.15, 0.2) is 42.5 Å². The van der Waals surface area contributed by atoms with Gasteiger partial charge in [0.1, 0.15) is 12.1 Å². The van der Waals surface area contributed by atoms with Crippen LogP contribution in [0.2, 0.25) is 0 Å². The first-order valence-corrected chi connectivity index (χ1v) is 8.22. The van der Waals surface area contributed by atoms with Crippen molar-refractivity contribution in [2.75, 3.05) is 27.2 Å². The van der Waals surface area contributed by atoms with Crippen LogP contribution in [0.1, 0.15) is 22.7 Å². The highest BCUT2D eigenvalue weighted by Gasteiger charge is 2.39. The fourth-order valence-electron chi connectivity index (χ4n) is 3.70. The maximum Gasteiger partial charge on any atom is 0.166 e. The van der Waals surface area contributed by atoms with Crippen molar-refractivity contribution in [1.29, 1.82) is 5.26 Å². The van der Waals surface area contributed by atoms with Gasteiger partial charge in [-0.3, -0.25) is 0 Å². The largest absolute Gasteiger partial charge is 1.00 e. The van der Waals surface area contributed by atoms with Crippen LogP contribution in [0, 0.1) is 11.3 Å². The van der Waals surface area contributed by atoms with Gasteiger partial charge in [0.15, 0.2) is 18.0 Å². The Labute approximate surface area is 166 Å². The van der Waals surface area contributed by atoms with Gasteiger partial charge in [0.2, 0.25) is 0 Å². The van der Waals surface area contributed by atoms with E-state index in [0.29, 0.717) is 16.8 Å². The molecule has 2 atom stereocenters. The summed E-state index contributed by atoms with van der Waals surface area (Å²) in [4.78, 5) is 0. The van der Waals surface area contributed by atoms with Crippen LogP contribution in [-0.4, -0.2) is 36.8 Å². The molecule has 2 aromatic carbocycles. The lowest BCUT2D eigenvalue weighted by Gasteiger charge is -2.44. The molecule has 5 heteroatoms. The van der Waals surface area contributed by atoms with E-state index >= 15 is 0 Å². The summed E-state index contributed by atoms with van der Waals surface area (Å²) in [5.74, 6) is 0.684. The number of halogens is 1. The fraction of sp³-hybridized carbons (Fsp3) is 0.350. The van der Waals surface area contributed by atoms with E-state index in [2.05, 4.69) is 25.2 Å². The fourth-order valence-corrected chi connectivity index (χ4v) is 3.70. The molecule has 0 fully saturated rings. The summed E-state index contributed by atoms with van der Waals surface area (Å²) < 4.78 is 6.00. The Balaban J connectivity index is 0.00000225. The minimum absolute atomic E-state index is 0. The molecule has 0 aromatic heterocycles. The number of fused-ring (bicyclic) bond motifs is 1. The van der Waals surface area contributed by atoms with Gasteiger partial charge in [0.25, 0.3) is 0 Å². The number of methoxy groups -OCH3 is 1. The average Bonchev–Trinajstić information content (AvgIpc) is 2.58. The third-order valence-electron chi connectivity index (χ3n) is 5.15. The maximum absolute atomic E-state index is 10.1.